The summed E-state index contributed by atoms with van der Waals surface area (Å²) in [5.41, 5.74) is 7.26. The molecule has 4 heteroatoms. The van der Waals surface area contributed by atoms with Crippen molar-refractivity contribution in [2.75, 3.05) is 0 Å². The second-order valence-electron chi connectivity index (χ2n) is 3.63. The van der Waals surface area contributed by atoms with Gasteiger partial charge in [-0.15, -0.1) is 0 Å². The SMILES string of the molecule is NC(=NC1CCCCCCC1)NO. The number of guanidine groups is 1. The Morgan fingerprint density at radius 3 is 2.23 bits per heavy atom. The first-order valence-corrected chi connectivity index (χ1v) is 5.06. The van der Waals surface area contributed by atoms with Gasteiger partial charge in [-0.3, -0.25) is 5.21 Å². The molecule has 4 nitrogen and oxygen atoms in total. The van der Waals surface area contributed by atoms with Crippen molar-refractivity contribution in [2.24, 2.45) is 10.7 Å². The first-order chi connectivity index (χ1) is 6.33. The monoisotopic (exact) mass is 185 g/mol. The molecule has 1 fully saturated rings. The molecule has 0 radical (unpaired) electrons. The van der Waals surface area contributed by atoms with Gasteiger partial charge in [0, 0.05) is 0 Å². The van der Waals surface area contributed by atoms with Crippen LogP contribution in [0.25, 0.3) is 0 Å². The largest absolute Gasteiger partial charge is 0.368 e. The van der Waals surface area contributed by atoms with Gasteiger partial charge in [-0.05, 0) is 12.8 Å². The second kappa shape index (κ2) is 5.80. The van der Waals surface area contributed by atoms with Crippen molar-refractivity contribution in [3.05, 3.63) is 0 Å². The summed E-state index contributed by atoms with van der Waals surface area (Å²) in [6.45, 7) is 0. The Kier molecular flexibility index (Phi) is 4.60. The molecule has 1 saturated carbocycles. The zero-order valence-corrected chi connectivity index (χ0v) is 8.00. The van der Waals surface area contributed by atoms with E-state index in [-0.39, 0.29) is 5.96 Å². The van der Waals surface area contributed by atoms with Crippen LogP contribution in [-0.2, 0) is 0 Å². The van der Waals surface area contributed by atoms with Crippen LogP contribution in [0.1, 0.15) is 44.9 Å². The van der Waals surface area contributed by atoms with Crippen molar-refractivity contribution >= 4 is 5.96 Å². The van der Waals surface area contributed by atoms with Gasteiger partial charge in [-0.1, -0.05) is 32.1 Å². The molecule has 0 unspecified atom stereocenters. The van der Waals surface area contributed by atoms with Gasteiger partial charge >= 0.3 is 0 Å². The standard InChI is InChI=1S/C9H19N3O/c10-9(12-13)11-8-6-4-2-1-3-5-7-8/h8,13H,1-7H2,(H3,10,11,12). The summed E-state index contributed by atoms with van der Waals surface area (Å²) in [7, 11) is 0. The van der Waals surface area contributed by atoms with E-state index in [4.69, 9.17) is 10.9 Å². The van der Waals surface area contributed by atoms with Gasteiger partial charge in [0.1, 0.15) is 0 Å². The average molecular weight is 185 g/mol. The molecule has 1 aliphatic rings. The topological polar surface area (TPSA) is 70.6 Å². The highest BCUT2D eigenvalue weighted by molar-refractivity contribution is 5.76. The highest BCUT2D eigenvalue weighted by Gasteiger charge is 2.09. The summed E-state index contributed by atoms with van der Waals surface area (Å²) in [6, 6.07) is 0.306. The summed E-state index contributed by atoms with van der Waals surface area (Å²) >= 11 is 0. The van der Waals surface area contributed by atoms with Crippen LogP contribution >= 0.6 is 0 Å². The normalized spacial score (nSPS) is 22.1. The van der Waals surface area contributed by atoms with Crippen LogP contribution in [0.2, 0.25) is 0 Å². The number of hydrogen-bond acceptors (Lipinski definition) is 2. The summed E-state index contributed by atoms with van der Waals surface area (Å²) in [4.78, 5) is 4.19. The minimum absolute atomic E-state index is 0.144. The van der Waals surface area contributed by atoms with E-state index in [2.05, 4.69) is 4.99 Å². The van der Waals surface area contributed by atoms with Crippen molar-refractivity contribution in [3.8, 4) is 0 Å². The van der Waals surface area contributed by atoms with Gasteiger partial charge in [-0.25, -0.2) is 10.5 Å². The molecule has 0 aliphatic heterocycles. The van der Waals surface area contributed by atoms with Crippen molar-refractivity contribution in [3.63, 3.8) is 0 Å². The molecule has 0 bridgehead atoms. The van der Waals surface area contributed by atoms with Gasteiger partial charge in [0.05, 0.1) is 6.04 Å². The number of aliphatic imine (C=N–C) groups is 1. The maximum Gasteiger partial charge on any atom is 0.213 e. The molecule has 0 atom stereocenters. The fourth-order valence-electron chi connectivity index (χ4n) is 1.79. The molecule has 0 heterocycles. The Balaban J connectivity index is 2.37. The fraction of sp³-hybridized carbons (Fsp3) is 0.889. The summed E-state index contributed by atoms with van der Waals surface area (Å²) < 4.78 is 0. The van der Waals surface area contributed by atoms with E-state index in [1.807, 2.05) is 5.48 Å². The van der Waals surface area contributed by atoms with Gasteiger partial charge in [0.15, 0.2) is 0 Å². The zero-order valence-electron chi connectivity index (χ0n) is 8.00. The highest BCUT2D eigenvalue weighted by atomic mass is 16.5. The molecular weight excluding hydrogens is 166 g/mol. The lowest BCUT2D eigenvalue weighted by Gasteiger charge is -2.15. The molecule has 13 heavy (non-hydrogen) atoms. The smallest absolute Gasteiger partial charge is 0.213 e. The lowest BCUT2D eigenvalue weighted by Crippen LogP contribution is -2.30. The van der Waals surface area contributed by atoms with Crippen LogP contribution in [0.5, 0.6) is 0 Å². The quantitative estimate of drug-likeness (QED) is 0.328. The Morgan fingerprint density at radius 2 is 1.69 bits per heavy atom. The van der Waals surface area contributed by atoms with Gasteiger partial charge in [0.2, 0.25) is 5.96 Å². The molecule has 4 N–H and O–H groups in total. The van der Waals surface area contributed by atoms with Crippen LogP contribution in [-0.4, -0.2) is 17.2 Å². The van der Waals surface area contributed by atoms with E-state index in [1.54, 1.807) is 0 Å². The highest BCUT2D eigenvalue weighted by Crippen LogP contribution is 2.19. The summed E-state index contributed by atoms with van der Waals surface area (Å²) in [6.07, 6.45) is 8.62. The summed E-state index contributed by atoms with van der Waals surface area (Å²) in [5, 5.41) is 8.49. The Bertz CT molecular complexity index is 162. The molecule has 0 aromatic carbocycles. The lowest BCUT2D eigenvalue weighted by atomic mass is 9.97. The first-order valence-electron chi connectivity index (χ1n) is 5.06. The Labute approximate surface area is 79.2 Å². The van der Waals surface area contributed by atoms with E-state index < -0.39 is 0 Å². The second-order valence-corrected chi connectivity index (χ2v) is 3.63. The third kappa shape index (κ3) is 4.12. The number of nitrogens with two attached hydrogens (primary N) is 1. The lowest BCUT2D eigenvalue weighted by molar-refractivity contribution is 0.231. The minimum atomic E-state index is 0.144. The molecule has 0 saturated heterocycles. The predicted molar refractivity (Wildman–Crippen MR) is 52.7 cm³/mol. The van der Waals surface area contributed by atoms with Crippen molar-refractivity contribution < 1.29 is 5.21 Å². The number of hydrogen-bond donors (Lipinski definition) is 3. The van der Waals surface area contributed by atoms with Gasteiger partial charge in [-0.2, -0.15) is 0 Å². The number of nitrogens with zero attached hydrogens (tertiary/aromatic N) is 1. The zero-order chi connectivity index (χ0) is 9.52. The number of nitrogens with one attached hydrogen (secondary N) is 1. The molecule has 0 aromatic rings. The predicted octanol–water partition coefficient (Wildman–Crippen LogP) is 1.39. The molecule has 0 spiro atoms. The number of hydroxylamine groups is 1. The summed E-state index contributed by atoms with van der Waals surface area (Å²) in [5.74, 6) is 0.144. The van der Waals surface area contributed by atoms with Gasteiger partial charge < -0.3 is 5.73 Å². The average Bonchev–Trinajstić information content (AvgIpc) is 2.09. The maximum absolute atomic E-state index is 8.49. The number of rotatable bonds is 1. The Morgan fingerprint density at radius 1 is 1.15 bits per heavy atom. The van der Waals surface area contributed by atoms with E-state index in [0.717, 1.165) is 12.8 Å². The van der Waals surface area contributed by atoms with Crippen LogP contribution in [0.15, 0.2) is 4.99 Å². The third-order valence-corrected chi connectivity index (χ3v) is 2.51. The molecule has 1 rings (SSSR count). The minimum Gasteiger partial charge on any atom is -0.368 e. The molecule has 0 aromatic heterocycles. The first kappa shape index (κ1) is 10.3. The van der Waals surface area contributed by atoms with Crippen LogP contribution in [0, 0.1) is 0 Å². The van der Waals surface area contributed by atoms with Crippen molar-refractivity contribution in [1.82, 2.24) is 5.48 Å². The van der Waals surface area contributed by atoms with E-state index in [1.165, 1.54) is 32.1 Å². The maximum atomic E-state index is 8.49. The van der Waals surface area contributed by atoms with E-state index in [9.17, 15) is 0 Å². The third-order valence-electron chi connectivity index (χ3n) is 2.51. The van der Waals surface area contributed by atoms with Crippen molar-refractivity contribution in [2.45, 2.75) is 51.0 Å². The van der Waals surface area contributed by atoms with E-state index in [0.29, 0.717) is 6.04 Å². The molecule has 1 aliphatic carbocycles. The van der Waals surface area contributed by atoms with Crippen LogP contribution in [0.4, 0.5) is 0 Å². The fourth-order valence-corrected chi connectivity index (χ4v) is 1.79. The molecule has 0 amide bonds. The van der Waals surface area contributed by atoms with E-state index >= 15 is 0 Å². The molecular formula is C9H19N3O. The molecule has 76 valence electrons. The van der Waals surface area contributed by atoms with Crippen LogP contribution < -0.4 is 11.2 Å². The van der Waals surface area contributed by atoms with Crippen LogP contribution in [0.3, 0.4) is 0 Å². The van der Waals surface area contributed by atoms with Crippen molar-refractivity contribution in [1.29, 1.82) is 0 Å². The van der Waals surface area contributed by atoms with Gasteiger partial charge in [0.25, 0.3) is 0 Å². The Hall–Kier alpha value is -0.770.